The number of nitrogens with zero attached hydrogens (tertiary/aromatic N) is 3. The number of alkyl carbamates (subject to hydrolysis) is 1. The maximum absolute atomic E-state index is 12.6. The first-order valence-corrected chi connectivity index (χ1v) is 11.6. The summed E-state index contributed by atoms with van der Waals surface area (Å²) in [5, 5.41) is 3.09. The highest BCUT2D eigenvalue weighted by atomic mass is 32.1. The van der Waals surface area contributed by atoms with Crippen LogP contribution in [-0.4, -0.2) is 52.1 Å². The van der Waals surface area contributed by atoms with Crippen molar-refractivity contribution in [2.45, 2.75) is 31.4 Å². The Morgan fingerprint density at radius 2 is 1.87 bits per heavy atom. The van der Waals surface area contributed by atoms with Crippen LogP contribution in [0.15, 0.2) is 36.4 Å². The van der Waals surface area contributed by atoms with E-state index >= 15 is 0 Å². The summed E-state index contributed by atoms with van der Waals surface area (Å²) in [7, 11) is 0. The van der Waals surface area contributed by atoms with Crippen LogP contribution in [0.1, 0.15) is 30.9 Å². The van der Waals surface area contributed by atoms with Crippen molar-refractivity contribution in [2.24, 2.45) is 5.92 Å². The van der Waals surface area contributed by atoms with Crippen LogP contribution in [0.4, 0.5) is 4.79 Å². The summed E-state index contributed by atoms with van der Waals surface area (Å²) in [5.74, 6) is 1.32. The van der Waals surface area contributed by atoms with Gasteiger partial charge in [0.15, 0.2) is 0 Å². The van der Waals surface area contributed by atoms with Gasteiger partial charge in [-0.2, -0.15) is 8.75 Å². The largest absolute Gasteiger partial charge is 0.493 e. The van der Waals surface area contributed by atoms with E-state index in [4.69, 9.17) is 9.47 Å². The van der Waals surface area contributed by atoms with Crippen molar-refractivity contribution in [3.8, 4) is 16.9 Å². The zero-order valence-electron chi connectivity index (χ0n) is 17.1. The highest BCUT2D eigenvalue weighted by Crippen LogP contribution is 2.36. The van der Waals surface area contributed by atoms with E-state index in [-0.39, 0.29) is 18.2 Å². The molecule has 3 fully saturated rings. The molecule has 160 valence electrons. The normalized spacial score (nSPS) is 26.8. The minimum atomic E-state index is -0.317. The summed E-state index contributed by atoms with van der Waals surface area (Å²) >= 11 is 1.22. The number of hydrogen-bond acceptors (Lipinski definition) is 7. The molecule has 4 aliphatic heterocycles. The van der Waals surface area contributed by atoms with Gasteiger partial charge >= 0.3 is 6.09 Å². The molecule has 3 aromatic rings. The SMILES string of the molecule is O=C(NC1CCOc2cc(-c3ccc4nsnc4c3)ccc21)O[C@H]1CN2CCC1CC2. The van der Waals surface area contributed by atoms with E-state index in [1.165, 1.54) is 11.7 Å². The van der Waals surface area contributed by atoms with E-state index in [0.717, 1.165) is 72.4 Å². The maximum Gasteiger partial charge on any atom is 0.407 e. The average Bonchev–Trinajstić information content (AvgIpc) is 3.28. The van der Waals surface area contributed by atoms with Gasteiger partial charge in [0.05, 0.1) is 24.4 Å². The van der Waals surface area contributed by atoms with Crippen LogP contribution in [0.25, 0.3) is 22.2 Å². The molecule has 5 heterocycles. The maximum atomic E-state index is 12.6. The van der Waals surface area contributed by atoms with Crippen molar-refractivity contribution < 1.29 is 14.3 Å². The molecule has 31 heavy (non-hydrogen) atoms. The molecule has 1 unspecified atom stereocenters. The molecule has 0 saturated carbocycles. The number of fused-ring (bicyclic) bond motifs is 5. The molecule has 4 aliphatic rings. The molecule has 7 nitrogen and oxygen atoms in total. The van der Waals surface area contributed by atoms with E-state index in [1.54, 1.807) is 0 Å². The minimum absolute atomic E-state index is 0.0132. The van der Waals surface area contributed by atoms with Gasteiger partial charge in [0, 0.05) is 18.5 Å². The van der Waals surface area contributed by atoms with Crippen molar-refractivity contribution in [1.29, 1.82) is 0 Å². The van der Waals surface area contributed by atoms with Crippen molar-refractivity contribution in [3.63, 3.8) is 0 Å². The number of benzene rings is 2. The van der Waals surface area contributed by atoms with Crippen LogP contribution in [-0.2, 0) is 4.74 Å². The van der Waals surface area contributed by atoms with E-state index in [1.807, 2.05) is 24.3 Å². The topological polar surface area (TPSA) is 76.6 Å². The second-order valence-electron chi connectivity index (χ2n) is 8.64. The minimum Gasteiger partial charge on any atom is -0.493 e. The standard InChI is InChI=1S/C23H24N4O3S/c28-23(30-22-13-27-8-5-14(22)6-9-27)24-18-7-10-29-21-12-16(1-3-17(18)21)15-2-4-19-20(11-15)26-31-25-19/h1-4,11-12,14,18,22H,5-10,13H2,(H,24,28)/t18?,22-/m0/s1. The number of rotatable bonds is 3. The van der Waals surface area contributed by atoms with Gasteiger partial charge in [-0.1, -0.05) is 18.2 Å². The molecule has 7 rings (SSSR count). The van der Waals surface area contributed by atoms with Crippen LogP contribution in [0, 0.1) is 5.92 Å². The van der Waals surface area contributed by atoms with E-state index in [9.17, 15) is 4.79 Å². The first-order valence-electron chi connectivity index (χ1n) is 10.9. The van der Waals surface area contributed by atoms with Crippen LogP contribution in [0.2, 0.25) is 0 Å². The quantitative estimate of drug-likeness (QED) is 0.669. The summed E-state index contributed by atoms with van der Waals surface area (Å²) < 4.78 is 20.4. The summed E-state index contributed by atoms with van der Waals surface area (Å²) in [6, 6.07) is 12.1. The lowest BCUT2D eigenvalue weighted by atomic mass is 9.86. The molecular weight excluding hydrogens is 412 g/mol. The van der Waals surface area contributed by atoms with Crippen LogP contribution >= 0.6 is 11.7 Å². The molecule has 8 heteroatoms. The Balaban J connectivity index is 1.18. The second kappa shape index (κ2) is 7.76. The molecule has 2 atom stereocenters. The van der Waals surface area contributed by atoms with Gasteiger partial charge in [-0.25, -0.2) is 4.79 Å². The monoisotopic (exact) mass is 436 g/mol. The van der Waals surface area contributed by atoms with Gasteiger partial charge in [-0.15, -0.1) is 0 Å². The lowest BCUT2D eigenvalue weighted by Gasteiger charge is -2.44. The van der Waals surface area contributed by atoms with E-state index < -0.39 is 0 Å². The van der Waals surface area contributed by atoms with Gasteiger partial charge in [0.25, 0.3) is 0 Å². The number of piperidine rings is 3. The molecule has 1 N–H and O–H groups in total. The summed E-state index contributed by atoms with van der Waals surface area (Å²) in [4.78, 5) is 15.0. The number of aromatic nitrogens is 2. The average molecular weight is 437 g/mol. The third kappa shape index (κ3) is 3.64. The Labute approximate surface area is 184 Å². The number of carbonyl (C=O) groups is 1. The van der Waals surface area contributed by atoms with Crippen molar-refractivity contribution in [1.82, 2.24) is 19.0 Å². The highest BCUT2D eigenvalue weighted by Gasteiger charge is 2.37. The van der Waals surface area contributed by atoms with E-state index in [2.05, 4.69) is 31.1 Å². The van der Waals surface area contributed by atoms with Gasteiger partial charge in [0.1, 0.15) is 22.9 Å². The molecular formula is C23H24N4O3S. The lowest BCUT2D eigenvalue weighted by molar-refractivity contribution is -0.0342. The second-order valence-corrected chi connectivity index (χ2v) is 9.16. The first-order chi connectivity index (χ1) is 15.2. The predicted octanol–water partition coefficient (Wildman–Crippen LogP) is 4.00. The Hall–Kier alpha value is -2.71. The van der Waals surface area contributed by atoms with Crippen molar-refractivity contribution >= 4 is 28.9 Å². The highest BCUT2D eigenvalue weighted by molar-refractivity contribution is 7.00. The summed E-state index contributed by atoms with van der Waals surface area (Å²) in [5.41, 5.74) is 4.94. The number of nitrogens with one attached hydrogen (secondary N) is 1. The fraction of sp³-hybridized carbons (Fsp3) is 0.435. The molecule has 1 amide bonds. The number of amides is 1. The fourth-order valence-electron chi connectivity index (χ4n) is 5.04. The van der Waals surface area contributed by atoms with Gasteiger partial charge in [-0.05, 0) is 61.2 Å². The third-order valence-corrected chi connectivity index (χ3v) is 7.34. The number of carbonyl (C=O) groups excluding carboxylic acids is 1. The number of ether oxygens (including phenoxy) is 2. The van der Waals surface area contributed by atoms with Crippen LogP contribution in [0.5, 0.6) is 5.75 Å². The molecule has 1 aromatic heterocycles. The summed E-state index contributed by atoms with van der Waals surface area (Å²) in [6.45, 7) is 3.70. The Morgan fingerprint density at radius 3 is 2.71 bits per heavy atom. The molecule has 3 saturated heterocycles. The Bertz CT molecular complexity index is 1120. The third-order valence-electron chi connectivity index (χ3n) is 6.79. The predicted molar refractivity (Wildman–Crippen MR) is 118 cm³/mol. The number of hydrogen-bond donors (Lipinski definition) is 1. The first kappa shape index (κ1) is 19.0. The van der Waals surface area contributed by atoms with Gasteiger partial charge < -0.3 is 14.8 Å². The fourth-order valence-corrected chi connectivity index (χ4v) is 5.56. The summed E-state index contributed by atoms with van der Waals surface area (Å²) in [6.07, 6.45) is 2.69. The zero-order valence-corrected chi connectivity index (χ0v) is 17.9. The van der Waals surface area contributed by atoms with Crippen molar-refractivity contribution in [3.05, 3.63) is 42.0 Å². The molecule has 0 radical (unpaired) electrons. The molecule has 2 bridgehead atoms. The zero-order chi connectivity index (χ0) is 20.8. The Morgan fingerprint density at radius 1 is 1.06 bits per heavy atom. The van der Waals surface area contributed by atoms with Crippen molar-refractivity contribution in [2.75, 3.05) is 26.2 Å². The smallest absolute Gasteiger partial charge is 0.407 e. The van der Waals surface area contributed by atoms with Gasteiger partial charge in [0.2, 0.25) is 0 Å². The molecule has 0 aliphatic carbocycles. The van der Waals surface area contributed by atoms with Crippen LogP contribution in [0.3, 0.4) is 0 Å². The van der Waals surface area contributed by atoms with E-state index in [0.29, 0.717) is 12.5 Å². The molecule has 0 spiro atoms. The van der Waals surface area contributed by atoms with Crippen LogP contribution < -0.4 is 10.1 Å². The lowest BCUT2D eigenvalue weighted by Crippen LogP contribution is -2.52. The molecule has 2 aromatic carbocycles. The van der Waals surface area contributed by atoms with Gasteiger partial charge in [-0.3, -0.25) is 4.90 Å². The Kier molecular flexibility index (Phi) is 4.76.